The number of pyridine rings is 1. The first-order chi connectivity index (χ1) is 7.83. The fraction of sp³-hybridized carbons (Fsp3) is 0.643. The van der Waals surface area contributed by atoms with Crippen LogP contribution >= 0.6 is 0 Å². The van der Waals surface area contributed by atoms with Gasteiger partial charge in [0.25, 0.3) is 0 Å². The van der Waals surface area contributed by atoms with Crippen molar-refractivity contribution in [2.45, 2.75) is 51.1 Å². The van der Waals surface area contributed by atoms with Crippen molar-refractivity contribution in [2.75, 3.05) is 7.05 Å². The molecule has 88 valence electrons. The van der Waals surface area contributed by atoms with Crippen molar-refractivity contribution in [3.63, 3.8) is 0 Å². The van der Waals surface area contributed by atoms with E-state index in [1.165, 1.54) is 37.7 Å². The molecule has 0 aromatic carbocycles. The Morgan fingerprint density at radius 3 is 3.00 bits per heavy atom. The third-order valence-electron chi connectivity index (χ3n) is 3.80. The Balaban J connectivity index is 1.99. The van der Waals surface area contributed by atoms with Gasteiger partial charge in [-0.1, -0.05) is 25.8 Å². The fourth-order valence-corrected chi connectivity index (χ4v) is 2.77. The lowest BCUT2D eigenvalue weighted by Gasteiger charge is -2.25. The lowest BCUT2D eigenvalue weighted by Crippen LogP contribution is -2.27. The van der Waals surface area contributed by atoms with Gasteiger partial charge < -0.3 is 0 Å². The summed E-state index contributed by atoms with van der Waals surface area (Å²) in [6.45, 7) is 2.27. The van der Waals surface area contributed by atoms with E-state index in [4.69, 9.17) is 0 Å². The van der Waals surface area contributed by atoms with Crippen LogP contribution in [0.25, 0.3) is 0 Å². The van der Waals surface area contributed by atoms with E-state index >= 15 is 0 Å². The molecule has 0 amide bonds. The van der Waals surface area contributed by atoms with Crippen molar-refractivity contribution in [1.29, 1.82) is 0 Å². The van der Waals surface area contributed by atoms with E-state index in [-0.39, 0.29) is 0 Å². The fourth-order valence-electron chi connectivity index (χ4n) is 2.77. The van der Waals surface area contributed by atoms with Gasteiger partial charge in [0.05, 0.1) is 0 Å². The molecule has 2 atom stereocenters. The van der Waals surface area contributed by atoms with Crippen molar-refractivity contribution in [2.24, 2.45) is 0 Å². The van der Waals surface area contributed by atoms with Gasteiger partial charge in [0.1, 0.15) is 0 Å². The highest BCUT2D eigenvalue weighted by Crippen LogP contribution is 2.35. The number of rotatable bonds is 4. The molecule has 0 bridgehead atoms. The molecule has 0 unspecified atom stereocenters. The van der Waals surface area contributed by atoms with E-state index in [9.17, 15) is 0 Å². The van der Waals surface area contributed by atoms with Gasteiger partial charge in [0.15, 0.2) is 0 Å². The van der Waals surface area contributed by atoms with E-state index in [1.807, 2.05) is 18.5 Å². The first-order valence-corrected chi connectivity index (χ1v) is 6.44. The third kappa shape index (κ3) is 2.43. The zero-order valence-electron chi connectivity index (χ0n) is 10.4. The van der Waals surface area contributed by atoms with Crippen LogP contribution in [-0.2, 0) is 0 Å². The van der Waals surface area contributed by atoms with E-state index in [2.05, 4.69) is 29.9 Å². The van der Waals surface area contributed by atoms with Gasteiger partial charge >= 0.3 is 0 Å². The third-order valence-corrected chi connectivity index (χ3v) is 3.80. The average molecular weight is 218 g/mol. The first kappa shape index (κ1) is 11.6. The van der Waals surface area contributed by atoms with Crippen LogP contribution in [0.2, 0.25) is 0 Å². The van der Waals surface area contributed by atoms with Gasteiger partial charge in [0, 0.05) is 24.5 Å². The highest BCUT2D eigenvalue weighted by atomic mass is 15.2. The minimum absolute atomic E-state index is 0.593. The highest BCUT2D eigenvalue weighted by Gasteiger charge is 2.30. The van der Waals surface area contributed by atoms with Crippen LogP contribution in [0.1, 0.15) is 50.6 Å². The summed E-state index contributed by atoms with van der Waals surface area (Å²) in [7, 11) is 2.27. The molecule has 1 aromatic heterocycles. The zero-order chi connectivity index (χ0) is 11.4. The molecule has 1 aliphatic heterocycles. The van der Waals surface area contributed by atoms with Gasteiger partial charge in [-0.05, 0) is 37.9 Å². The zero-order valence-corrected chi connectivity index (χ0v) is 10.4. The molecule has 0 N–H and O–H groups in total. The highest BCUT2D eigenvalue weighted by molar-refractivity contribution is 5.15. The molecule has 0 radical (unpaired) electrons. The van der Waals surface area contributed by atoms with Crippen LogP contribution in [-0.4, -0.2) is 23.0 Å². The van der Waals surface area contributed by atoms with Gasteiger partial charge in [0.2, 0.25) is 0 Å². The summed E-state index contributed by atoms with van der Waals surface area (Å²) < 4.78 is 0. The monoisotopic (exact) mass is 218 g/mol. The second-order valence-corrected chi connectivity index (χ2v) is 4.84. The summed E-state index contributed by atoms with van der Waals surface area (Å²) in [4.78, 5) is 6.77. The number of nitrogens with zero attached hydrogens (tertiary/aromatic N) is 2. The average Bonchev–Trinajstić information content (AvgIpc) is 2.69. The van der Waals surface area contributed by atoms with Crippen molar-refractivity contribution in [3.05, 3.63) is 30.1 Å². The summed E-state index contributed by atoms with van der Waals surface area (Å²) in [5.41, 5.74) is 1.38. The quantitative estimate of drug-likeness (QED) is 0.770. The van der Waals surface area contributed by atoms with Crippen molar-refractivity contribution in [1.82, 2.24) is 9.88 Å². The Kier molecular flexibility index (Phi) is 3.94. The lowest BCUT2D eigenvalue weighted by atomic mass is 10.1. The molecule has 2 rings (SSSR count). The topological polar surface area (TPSA) is 16.1 Å². The maximum Gasteiger partial charge on any atom is 0.0363 e. The smallest absolute Gasteiger partial charge is 0.0363 e. The molecule has 0 spiro atoms. The Morgan fingerprint density at radius 2 is 2.31 bits per heavy atom. The molecular formula is C14H22N2. The van der Waals surface area contributed by atoms with Crippen molar-refractivity contribution < 1.29 is 0 Å². The van der Waals surface area contributed by atoms with Crippen LogP contribution in [0.4, 0.5) is 0 Å². The van der Waals surface area contributed by atoms with Crippen molar-refractivity contribution in [3.8, 4) is 0 Å². The summed E-state index contributed by atoms with van der Waals surface area (Å²) in [6.07, 6.45) is 10.5. The number of hydrogen-bond donors (Lipinski definition) is 0. The second-order valence-electron chi connectivity index (χ2n) is 4.84. The largest absolute Gasteiger partial charge is 0.296 e. The summed E-state index contributed by atoms with van der Waals surface area (Å²) in [6, 6.07) is 5.62. The predicted octanol–water partition coefficient (Wildman–Crippen LogP) is 3.41. The van der Waals surface area contributed by atoms with Crippen LogP contribution in [0, 0.1) is 0 Å². The van der Waals surface area contributed by atoms with Gasteiger partial charge in [-0.25, -0.2) is 0 Å². The summed E-state index contributed by atoms with van der Waals surface area (Å²) in [5, 5.41) is 0. The normalized spacial score (nSPS) is 26.1. The SMILES string of the molecule is CCCC[C@H]1CC[C@@H](c2cccnc2)N1C. The predicted molar refractivity (Wildman–Crippen MR) is 67.3 cm³/mol. The molecule has 2 heteroatoms. The molecule has 1 aromatic rings. The van der Waals surface area contributed by atoms with Crippen LogP contribution in [0.3, 0.4) is 0 Å². The van der Waals surface area contributed by atoms with E-state index < -0.39 is 0 Å². The second kappa shape index (κ2) is 5.44. The summed E-state index contributed by atoms with van der Waals surface area (Å²) in [5.74, 6) is 0. The Bertz CT molecular complexity index is 310. The van der Waals surface area contributed by atoms with E-state index in [0.717, 1.165) is 6.04 Å². The first-order valence-electron chi connectivity index (χ1n) is 6.44. The molecule has 2 heterocycles. The number of aromatic nitrogens is 1. The van der Waals surface area contributed by atoms with Crippen molar-refractivity contribution >= 4 is 0 Å². The lowest BCUT2D eigenvalue weighted by molar-refractivity contribution is 0.230. The maximum atomic E-state index is 4.22. The number of likely N-dealkylation sites (tertiary alicyclic amines) is 1. The van der Waals surface area contributed by atoms with Gasteiger partial charge in [-0.15, -0.1) is 0 Å². The Labute approximate surface area is 98.7 Å². The van der Waals surface area contributed by atoms with Gasteiger partial charge in [-0.2, -0.15) is 0 Å². The van der Waals surface area contributed by atoms with Crippen LogP contribution < -0.4 is 0 Å². The molecular weight excluding hydrogens is 196 g/mol. The summed E-state index contributed by atoms with van der Waals surface area (Å²) >= 11 is 0. The molecule has 1 aliphatic rings. The Hall–Kier alpha value is -0.890. The molecule has 0 aliphatic carbocycles. The standard InChI is InChI=1S/C14H22N2/c1-3-4-7-13-8-9-14(16(13)2)12-6-5-10-15-11-12/h5-6,10-11,13-14H,3-4,7-9H2,1-2H3/t13-,14-/m0/s1. The minimum Gasteiger partial charge on any atom is -0.296 e. The number of hydrogen-bond acceptors (Lipinski definition) is 2. The Morgan fingerprint density at radius 1 is 1.44 bits per heavy atom. The molecule has 2 nitrogen and oxygen atoms in total. The maximum absolute atomic E-state index is 4.22. The van der Waals surface area contributed by atoms with E-state index in [0.29, 0.717) is 6.04 Å². The molecule has 1 fully saturated rings. The molecule has 1 saturated heterocycles. The van der Waals surface area contributed by atoms with Gasteiger partial charge in [-0.3, -0.25) is 9.88 Å². The molecule has 16 heavy (non-hydrogen) atoms. The molecule has 0 saturated carbocycles. The van der Waals surface area contributed by atoms with E-state index in [1.54, 1.807) is 0 Å². The van der Waals surface area contributed by atoms with Crippen LogP contribution in [0.15, 0.2) is 24.5 Å². The van der Waals surface area contributed by atoms with Crippen LogP contribution in [0.5, 0.6) is 0 Å². The number of unbranched alkanes of at least 4 members (excludes halogenated alkanes) is 1. The minimum atomic E-state index is 0.593.